The van der Waals surface area contributed by atoms with Gasteiger partial charge in [-0.3, -0.25) is 0 Å². The number of hydrogen-bond acceptors (Lipinski definition) is 2. The average Bonchev–Trinajstić information content (AvgIpc) is 2.43. The molecule has 2 aromatic carbocycles. The molecule has 0 bridgehead atoms. The van der Waals surface area contributed by atoms with Crippen LogP contribution in [0.15, 0.2) is 42.5 Å². The molecule has 0 aliphatic carbocycles. The van der Waals surface area contributed by atoms with Crippen molar-refractivity contribution in [3.63, 3.8) is 0 Å². The van der Waals surface area contributed by atoms with E-state index in [-0.39, 0.29) is 0 Å². The fourth-order valence-corrected chi connectivity index (χ4v) is 2.49. The van der Waals surface area contributed by atoms with E-state index in [1.165, 1.54) is 16.7 Å². The molecule has 3 heteroatoms. The van der Waals surface area contributed by atoms with Crippen molar-refractivity contribution in [3.8, 4) is 0 Å². The second-order valence-corrected chi connectivity index (χ2v) is 5.43. The Balaban J connectivity index is 1.84. The predicted molar refractivity (Wildman–Crippen MR) is 84.7 cm³/mol. The summed E-state index contributed by atoms with van der Waals surface area (Å²) in [5, 5.41) is 12.3. The van der Waals surface area contributed by atoms with Crippen LogP contribution in [0.1, 0.15) is 32.6 Å². The summed E-state index contributed by atoms with van der Waals surface area (Å²) in [6.07, 6.45) is 0.973. The van der Waals surface area contributed by atoms with Crippen molar-refractivity contribution in [1.29, 1.82) is 0 Å². The van der Waals surface area contributed by atoms with Gasteiger partial charge in [-0.05, 0) is 50.1 Å². The van der Waals surface area contributed by atoms with Crippen LogP contribution in [0.5, 0.6) is 0 Å². The number of aromatic carboxylic acids is 1. The smallest absolute Gasteiger partial charge is 0.335 e. The number of nitrogens with one attached hydrogen (secondary N) is 1. The number of carboxylic acid groups (broad SMARTS) is 1. The Kier molecular flexibility index (Phi) is 5.12. The number of hydrogen-bond donors (Lipinski definition) is 2. The third-order valence-electron chi connectivity index (χ3n) is 3.37. The van der Waals surface area contributed by atoms with Crippen molar-refractivity contribution in [2.75, 3.05) is 6.54 Å². The minimum atomic E-state index is -0.882. The Hall–Kier alpha value is -2.13. The van der Waals surface area contributed by atoms with E-state index in [0.29, 0.717) is 12.1 Å². The maximum Gasteiger partial charge on any atom is 0.335 e. The van der Waals surface area contributed by atoms with E-state index in [9.17, 15) is 4.79 Å². The Morgan fingerprint density at radius 1 is 1.05 bits per heavy atom. The maximum absolute atomic E-state index is 10.9. The van der Waals surface area contributed by atoms with Crippen molar-refractivity contribution >= 4 is 5.97 Å². The summed E-state index contributed by atoms with van der Waals surface area (Å²) in [5.74, 6) is -0.882. The minimum Gasteiger partial charge on any atom is -0.478 e. The van der Waals surface area contributed by atoms with Gasteiger partial charge in [0.05, 0.1) is 5.56 Å². The lowest BCUT2D eigenvalue weighted by molar-refractivity contribution is 0.0696. The standard InChI is InChI=1S/C18H21NO2/c1-13-8-14(2)10-15(9-13)6-7-19-12-16-4-3-5-17(11-16)18(20)21/h3-5,8-11,19H,6-7,12H2,1-2H3,(H,20,21). The zero-order chi connectivity index (χ0) is 15.2. The van der Waals surface area contributed by atoms with Crippen molar-refractivity contribution in [2.45, 2.75) is 26.8 Å². The fraction of sp³-hybridized carbons (Fsp3) is 0.278. The Morgan fingerprint density at radius 3 is 2.43 bits per heavy atom. The normalized spacial score (nSPS) is 10.6. The fourth-order valence-electron chi connectivity index (χ4n) is 2.49. The zero-order valence-electron chi connectivity index (χ0n) is 12.5. The zero-order valence-corrected chi connectivity index (χ0v) is 12.5. The summed E-state index contributed by atoms with van der Waals surface area (Å²) in [5.41, 5.74) is 5.25. The Bertz CT molecular complexity index is 615. The predicted octanol–water partition coefficient (Wildman–Crippen LogP) is 3.33. The van der Waals surface area contributed by atoms with E-state index in [1.54, 1.807) is 18.2 Å². The van der Waals surface area contributed by atoms with Crippen LogP contribution in [0.3, 0.4) is 0 Å². The van der Waals surface area contributed by atoms with Crippen LogP contribution >= 0.6 is 0 Å². The van der Waals surface area contributed by atoms with Gasteiger partial charge in [0, 0.05) is 6.54 Å². The summed E-state index contributed by atoms with van der Waals surface area (Å²) in [7, 11) is 0. The highest BCUT2D eigenvalue weighted by Gasteiger charge is 2.03. The Morgan fingerprint density at radius 2 is 1.76 bits per heavy atom. The van der Waals surface area contributed by atoms with E-state index in [2.05, 4.69) is 37.4 Å². The van der Waals surface area contributed by atoms with Crippen LogP contribution in [-0.2, 0) is 13.0 Å². The topological polar surface area (TPSA) is 49.3 Å². The molecule has 0 saturated carbocycles. The number of rotatable bonds is 6. The molecule has 0 atom stereocenters. The lowest BCUT2D eigenvalue weighted by Crippen LogP contribution is -2.17. The largest absolute Gasteiger partial charge is 0.478 e. The number of carboxylic acids is 1. The summed E-state index contributed by atoms with van der Waals surface area (Å²) >= 11 is 0. The quantitative estimate of drug-likeness (QED) is 0.799. The van der Waals surface area contributed by atoms with E-state index in [1.807, 2.05) is 6.07 Å². The number of benzene rings is 2. The first-order valence-corrected chi connectivity index (χ1v) is 7.15. The summed E-state index contributed by atoms with van der Waals surface area (Å²) in [6.45, 7) is 5.79. The first-order chi connectivity index (χ1) is 10.0. The van der Waals surface area contributed by atoms with Crippen LogP contribution in [0.4, 0.5) is 0 Å². The molecule has 0 aromatic heterocycles. The molecule has 3 nitrogen and oxygen atoms in total. The molecular formula is C18H21NO2. The second-order valence-electron chi connectivity index (χ2n) is 5.43. The molecule has 0 amide bonds. The van der Waals surface area contributed by atoms with Gasteiger partial charge in [-0.15, -0.1) is 0 Å². The van der Waals surface area contributed by atoms with E-state index < -0.39 is 5.97 Å². The van der Waals surface area contributed by atoms with E-state index in [4.69, 9.17) is 5.11 Å². The van der Waals surface area contributed by atoms with Crippen molar-refractivity contribution in [1.82, 2.24) is 5.32 Å². The van der Waals surface area contributed by atoms with Crippen LogP contribution in [0, 0.1) is 13.8 Å². The molecule has 21 heavy (non-hydrogen) atoms. The van der Waals surface area contributed by atoms with Gasteiger partial charge in [-0.1, -0.05) is 41.5 Å². The van der Waals surface area contributed by atoms with Crippen molar-refractivity contribution in [3.05, 3.63) is 70.3 Å². The molecule has 0 heterocycles. The van der Waals surface area contributed by atoms with Gasteiger partial charge in [0.1, 0.15) is 0 Å². The van der Waals surface area contributed by atoms with Crippen LogP contribution in [-0.4, -0.2) is 17.6 Å². The van der Waals surface area contributed by atoms with Crippen LogP contribution < -0.4 is 5.32 Å². The second kappa shape index (κ2) is 7.04. The molecule has 0 saturated heterocycles. The van der Waals surface area contributed by atoms with E-state index >= 15 is 0 Å². The van der Waals surface area contributed by atoms with Gasteiger partial charge in [0.2, 0.25) is 0 Å². The summed E-state index contributed by atoms with van der Waals surface area (Å²) in [4.78, 5) is 10.9. The van der Waals surface area contributed by atoms with Crippen LogP contribution in [0.25, 0.3) is 0 Å². The number of carbonyl (C=O) groups is 1. The third kappa shape index (κ3) is 4.72. The third-order valence-corrected chi connectivity index (χ3v) is 3.37. The summed E-state index contributed by atoms with van der Waals surface area (Å²) in [6, 6.07) is 13.6. The summed E-state index contributed by atoms with van der Waals surface area (Å²) < 4.78 is 0. The molecular weight excluding hydrogens is 262 g/mol. The van der Waals surface area contributed by atoms with Gasteiger partial charge >= 0.3 is 5.97 Å². The molecule has 0 fully saturated rings. The van der Waals surface area contributed by atoms with Gasteiger partial charge in [0.25, 0.3) is 0 Å². The monoisotopic (exact) mass is 283 g/mol. The van der Waals surface area contributed by atoms with Gasteiger partial charge < -0.3 is 10.4 Å². The molecule has 0 aliphatic rings. The van der Waals surface area contributed by atoms with Crippen molar-refractivity contribution in [2.24, 2.45) is 0 Å². The lowest BCUT2D eigenvalue weighted by Gasteiger charge is -2.07. The molecule has 0 aliphatic heterocycles. The van der Waals surface area contributed by atoms with Crippen molar-refractivity contribution < 1.29 is 9.90 Å². The highest BCUT2D eigenvalue weighted by atomic mass is 16.4. The molecule has 2 N–H and O–H groups in total. The molecule has 2 aromatic rings. The van der Waals surface area contributed by atoms with Gasteiger partial charge in [-0.2, -0.15) is 0 Å². The molecule has 0 radical (unpaired) electrons. The molecule has 2 rings (SSSR count). The Labute approximate surface area is 125 Å². The maximum atomic E-state index is 10.9. The highest BCUT2D eigenvalue weighted by Crippen LogP contribution is 2.09. The molecule has 110 valence electrons. The minimum absolute atomic E-state index is 0.337. The first-order valence-electron chi connectivity index (χ1n) is 7.15. The van der Waals surface area contributed by atoms with Gasteiger partial charge in [0.15, 0.2) is 0 Å². The SMILES string of the molecule is Cc1cc(C)cc(CCNCc2cccc(C(=O)O)c2)c1. The van der Waals surface area contributed by atoms with Crippen LogP contribution in [0.2, 0.25) is 0 Å². The van der Waals surface area contributed by atoms with Gasteiger partial charge in [-0.25, -0.2) is 4.79 Å². The first kappa shape index (κ1) is 15.3. The molecule has 0 spiro atoms. The highest BCUT2D eigenvalue weighted by molar-refractivity contribution is 5.87. The van der Waals surface area contributed by atoms with E-state index in [0.717, 1.165) is 18.5 Å². The molecule has 0 unspecified atom stereocenters. The lowest BCUT2D eigenvalue weighted by atomic mass is 10.1. The number of aryl methyl sites for hydroxylation is 2. The average molecular weight is 283 g/mol.